The first-order chi connectivity index (χ1) is 9.60. The molecule has 0 heterocycles. The second kappa shape index (κ2) is 6.24. The number of ether oxygens (including phenoxy) is 1. The summed E-state index contributed by atoms with van der Waals surface area (Å²) in [7, 11) is 3.98. The van der Waals surface area contributed by atoms with E-state index in [1.807, 2.05) is 62.3 Å². The molecule has 0 aliphatic heterocycles. The summed E-state index contributed by atoms with van der Waals surface area (Å²) in [5.74, 6) is 1.66. The van der Waals surface area contributed by atoms with Gasteiger partial charge in [-0.05, 0) is 36.4 Å². The van der Waals surface area contributed by atoms with E-state index in [1.54, 1.807) is 12.1 Å². The number of ketones is 1. The van der Waals surface area contributed by atoms with Gasteiger partial charge < -0.3 is 9.64 Å². The summed E-state index contributed by atoms with van der Waals surface area (Å²) in [6, 6.07) is 15.1. The van der Waals surface area contributed by atoms with Crippen molar-refractivity contribution in [3.05, 3.63) is 54.1 Å². The largest absolute Gasteiger partial charge is 0.457 e. The quantitative estimate of drug-likeness (QED) is 0.764. The highest BCUT2D eigenvalue weighted by Gasteiger charge is 2.04. The van der Waals surface area contributed by atoms with Crippen LogP contribution in [-0.2, 0) is 0 Å². The van der Waals surface area contributed by atoms with Crippen LogP contribution in [-0.4, -0.2) is 19.9 Å². The minimum atomic E-state index is 0.145. The molecule has 0 aliphatic carbocycles. The Hall–Kier alpha value is -2.29. The Balaban J connectivity index is 2.14. The third kappa shape index (κ3) is 3.38. The molecule has 0 aromatic heterocycles. The van der Waals surface area contributed by atoms with Crippen LogP contribution in [0.3, 0.4) is 0 Å². The number of nitrogens with zero attached hydrogens (tertiary/aromatic N) is 1. The van der Waals surface area contributed by atoms with Crippen LogP contribution in [0.4, 0.5) is 5.69 Å². The average Bonchev–Trinajstić information content (AvgIpc) is 2.47. The lowest BCUT2D eigenvalue weighted by atomic mass is 10.1. The van der Waals surface area contributed by atoms with E-state index in [4.69, 9.17) is 4.74 Å². The van der Waals surface area contributed by atoms with Crippen molar-refractivity contribution in [1.29, 1.82) is 0 Å². The van der Waals surface area contributed by atoms with Gasteiger partial charge in [-0.3, -0.25) is 4.79 Å². The fourth-order valence-corrected chi connectivity index (χ4v) is 1.87. The molecular weight excluding hydrogens is 250 g/mol. The van der Waals surface area contributed by atoms with Gasteiger partial charge in [0.2, 0.25) is 0 Å². The van der Waals surface area contributed by atoms with Crippen LogP contribution in [0.15, 0.2) is 48.5 Å². The van der Waals surface area contributed by atoms with Crippen LogP contribution < -0.4 is 9.64 Å². The summed E-state index contributed by atoms with van der Waals surface area (Å²) in [5, 5.41) is 0. The smallest absolute Gasteiger partial charge is 0.162 e. The van der Waals surface area contributed by atoms with E-state index in [-0.39, 0.29) is 5.78 Å². The minimum Gasteiger partial charge on any atom is -0.457 e. The molecule has 0 unspecified atom stereocenters. The first-order valence-electron chi connectivity index (χ1n) is 6.68. The van der Waals surface area contributed by atoms with Crippen LogP contribution in [0, 0.1) is 0 Å². The number of carbonyl (C=O) groups is 1. The zero-order valence-corrected chi connectivity index (χ0v) is 12.1. The monoisotopic (exact) mass is 269 g/mol. The maximum absolute atomic E-state index is 11.6. The van der Waals surface area contributed by atoms with Gasteiger partial charge in [-0.1, -0.05) is 13.0 Å². The minimum absolute atomic E-state index is 0.145. The number of hydrogen-bond donors (Lipinski definition) is 0. The molecule has 3 heteroatoms. The van der Waals surface area contributed by atoms with E-state index in [0.717, 1.165) is 22.7 Å². The van der Waals surface area contributed by atoms with E-state index < -0.39 is 0 Å². The van der Waals surface area contributed by atoms with Crippen molar-refractivity contribution < 1.29 is 9.53 Å². The van der Waals surface area contributed by atoms with Gasteiger partial charge in [0.25, 0.3) is 0 Å². The van der Waals surface area contributed by atoms with E-state index >= 15 is 0 Å². The number of carbonyl (C=O) groups excluding carboxylic acids is 1. The Morgan fingerprint density at radius 2 is 1.75 bits per heavy atom. The molecule has 0 bridgehead atoms. The van der Waals surface area contributed by atoms with E-state index in [2.05, 4.69) is 0 Å². The maximum atomic E-state index is 11.6. The van der Waals surface area contributed by atoms with Gasteiger partial charge in [0, 0.05) is 37.8 Å². The summed E-state index contributed by atoms with van der Waals surface area (Å²) < 4.78 is 5.80. The molecule has 0 N–H and O–H groups in total. The third-order valence-corrected chi connectivity index (χ3v) is 3.07. The van der Waals surface area contributed by atoms with Gasteiger partial charge in [0.05, 0.1) is 0 Å². The van der Waals surface area contributed by atoms with Crippen LogP contribution >= 0.6 is 0 Å². The lowest BCUT2D eigenvalue weighted by Gasteiger charge is -2.14. The van der Waals surface area contributed by atoms with Crippen LogP contribution in [0.5, 0.6) is 11.5 Å². The Kier molecular flexibility index (Phi) is 4.41. The van der Waals surface area contributed by atoms with Crippen molar-refractivity contribution in [1.82, 2.24) is 0 Å². The second-order valence-corrected chi connectivity index (χ2v) is 4.79. The van der Waals surface area contributed by atoms with Crippen molar-refractivity contribution in [2.75, 3.05) is 19.0 Å². The molecule has 2 aromatic carbocycles. The second-order valence-electron chi connectivity index (χ2n) is 4.79. The summed E-state index contributed by atoms with van der Waals surface area (Å²) in [6.45, 7) is 1.86. The zero-order chi connectivity index (χ0) is 14.5. The molecule has 2 rings (SSSR count). The molecule has 0 amide bonds. The summed E-state index contributed by atoms with van der Waals surface area (Å²) in [5.41, 5.74) is 1.81. The first kappa shape index (κ1) is 14.1. The van der Waals surface area contributed by atoms with Gasteiger partial charge in [-0.2, -0.15) is 0 Å². The Bertz CT molecular complexity index is 588. The van der Waals surface area contributed by atoms with Crippen LogP contribution in [0.25, 0.3) is 0 Å². The highest BCUT2D eigenvalue weighted by molar-refractivity contribution is 5.95. The van der Waals surface area contributed by atoms with Gasteiger partial charge in [-0.15, -0.1) is 0 Å². The van der Waals surface area contributed by atoms with Gasteiger partial charge in [0.1, 0.15) is 11.5 Å². The molecule has 104 valence electrons. The Morgan fingerprint density at radius 1 is 1.05 bits per heavy atom. The van der Waals surface area contributed by atoms with Crippen molar-refractivity contribution in [3.8, 4) is 11.5 Å². The molecule has 3 nitrogen and oxygen atoms in total. The normalized spacial score (nSPS) is 10.2. The fourth-order valence-electron chi connectivity index (χ4n) is 1.87. The topological polar surface area (TPSA) is 29.5 Å². The number of benzene rings is 2. The lowest BCUT2D eigenvalue weighted by molar-refractivity contribution is 0.0988. The number of anilines is 1. The van der Waals surface area contributed by atoms with Gasteiger partial charge in [0.15, 0.2) is 5.78 Å². The predicted molar refractivity (Wildman–Crippen MR) is 81.9 cm³/mol. The molecular formula is C17H19NO2. The zero-order valence-electron chi connectivity index (χ0n) is 12.1. The Labute approximate surface area is 119 Å². The first-order valence-corrected chi connectivity index (χ1v) is 6.68. The van der Waals surface area contributed by atoms with Crippen molar-refractivity contribution >= 4 is 11.5 Å². The average molecular weight is 269 g/mol. The maximum Gasteiger partial charge on any atom is 0.162 e. The molecule has 0 fully saturated rings. The molecule has 0 atom stereocenters. The molecule has 20 heavy (non-hydrogen) atoms. The Morgan fingerprint density at radius 3 is 2.35 bits per heavy atom. The molecule has 2 aromatic rings. The predicted octanol–water partition coefficient (Wildman–Crippen LogP) is 4.14. The van der Waals surface area contributed by atoms with E-state index in [0.29, 0.717) is 6.42 Å². The number of hydrogen-bond acceptors (Lipinski definition) is 3. The molecule has 0 aliphatic rings. The van der Waals surface area contributed by atoms with Crippen molar-refractivity contribution in [2.24, 2.45) is 0 Å². The molecule has 0 saturated heterocycles. The third-order valence-electron chi connectivity index (χ3n) is 3.07. The van der Waals surface area contributed by atoms with Crippen molar-refractivity contribution in [2.45, 2.75) is 13.3 Å². The van der Waals surface area contributed by atoms with Gasteiger partial charge >= 0.3 is 0 Å². The van der Waals surface area contributed by atoms with Crippen LogP contribution in [0.1, 0.15) is 23.7 Å². The van der Waals surface area contributed by atoms with E-state index in [9.17, 15) is 4.79 Å². The highest BCUT2D eigenvalue weighted by atomic mass is 16.5. The number of rotatable bonds is 5. The summed E-state index contributed by atoms with van der Waals surface area (Å²) in [6.07, 6.45) is 0.519. The summed E-state index contributed by atoms with van der Waals surface area (Å²) in [4.78, 5) is 13.6. The highest BCUT2D eigenvalue weighted by Crippen LogP contribution is 2.25. The SMILES string of the molecule is CCC(=O)c1ccc(Oc2cccc(N(C)C)c2)cc1. The van der Waals surface area contributed by atoms with Crippen molar-refractivity contribution in [3.63, 3.8) is 0 Å². The number of Topliss-reactive ketones (excluding diaryl/α,β-unsaturated/α-hetero) is 1. The molecule has 0 radical (unpaired) electrons. The van der Waals surface area contributed by atoms with Crippen LogP contribution in [0.2, 0.25) is 0 Å². The molecule has 0 spiro atoms. The molecule has 0 saturated carbocycles. The summed E-state index contributed by atoms with van der Waals surface area (Å²) >= 11 is 0. The van der Waals surface area contributed by atoms with Gasteiger partial charge in [-0.25, -0.2) is 0 Å². The lowest BCUT2D eigenvalue weighted by Crippen LogP contribution is -2.08. The van der Waals surface area contributed by atoms with E-state index in [1.165, 1.54) is 0 Å². The fraction of sp³-hybridized carbons (Fsp3) is 0.235. The standard InChI is InChI=1S/C17H19NO2/c1-4-17(19)13-8-10-15(11-9-13)20-16-7-5-6-14(12-16)18(2)3/h5-12H,4H2,1-3H3.